The molecule has 0 bridgehead atoms. The molecule has 0 aliphatic rings. The van der Waals surface area contributed by atoms with Gasteiger partial charge in [-0.25, -0.2) is 27.5 Å². The molecule has 13 heteroatoms. The van der Waals surface area contributed by atoms with Crippen molar-refractivity contribution < 1.29 is 26.8 Å². The van der Waals surface area contributed by atoms with E-state index in [4.69, 9.17) is 20.8 Å². The maximum absolute atomic E-state index is 13.7. The molecule has 0 atom stereocenters. The van der Waals surface area contributed by atoms with Gasteiger partial charge in [-0.05, 0) is 18.2 Å². The number of ether oxygens (including phenoxy) is 1. The predicted octanol–water partition coefficient (Wildman–Crippen LogP) is 3.28. The number of amides is 1. The van der Waals surface area contributed by atoms with Crippen LogP contribution in [0.4, 0.5) is 10.1 Å². The summed E-state index contributed by atoms with van der Waals surface area (Å²) in [6.07, 6.45) is 7.33. The van der Waals surface area contributed by atoms with Crippen LogP contribution in [0.15, 0.2) is 64.8 Å². The first-order valence-corrected chi connectivity index (χ1v) is 11.5. The van der Waals surface area contributed by atoms with Gasteiger partial charge in [-0.2, -0.15) is 5.10 Å². The standard InChI is InChI=1S/C20H15ClFN5O5S/c1-33(29,30)17-3-13(21)2-15(5-17)26-20(28)12-6-25-27(9-12)19-18(4-14(22)7-24-19)31-10-16-8-23-11-32-16/h2-9,11H,10H2,1H3,(H,26,28). The Bertz CT molecular complexity index is 1420. The van der Waals surface area contributed by atoms with Crippen LogP contribution in [0, 0.1) is 5.82 Å². The third-order valence-electron chi connectivity index (χ3n) is 4.27. The van der Waals surface area contributed by atoms with E-state index in [1.165, 1.54) is 47.9 Å². The summed E-state index contributed by atoms with van der Waals surface area (Å²) in [5.41, 5.74) is 0.319. The van der Waals surface area contributed by atoms with Crippen LogP contribution in [0.25, 0.3) is 5.82 Å². The van der Waals surface area contributed by atoms with E-state index in [2.05, 4.69) is 20.4 Å². The van der Waals surface area contributed by atoms with Crippen molar-refractivity contribution in [2.24, 2.45) is 0 Å². The van der Waals surface area contributed by atoms with Gasteiger partial charge in [-0.1, -0.05) is 11.6 Å². The molecule has 0 aliphatic heterocycles. The molecule has 4 rings (SSSR count). The van der Waals surface area contributed by atoms with Crippen molar-refractivity contribution in [3.8, 4) is 11.6 Å². The number of carbonyl (C=O) groups excluding carboxylic acids is 1. The molecule has 0 unspecified atom stereocenters. The molecule has 3 heterocycles. The first-order valence-electron chi connectivity index (χ1n) is 9.22. The Morgan fingerprint density at radius 1 is 1.24 bits per heavy atom. The van der Waals surface area contributed by atoms with Gasteiger partial charge in [0.25, 0.3) is 5.91 Å². The third-order valence-corrected chi connectivity index (χ3v) is 5.58. The highest BCUT2D eigenvalue weighted by Crippen LogP contribution is 2.25. The quantitative estimate of drug-likeness (QED) is 0.417. The first-order chi connectivity index (χ1) is 15.7. The monoisotopic (exact) mass is 491 g/mol. The van der Waals surface area contributed by atoms with Crippen LogP contribution in [-0.2, 0) is 16.4 Å². The minimum Gasteiger partial charge on any atom is -0.482 e. The predicted molar refractivity (Wildman–Crippen MR) is 115 cm³/mol. The highest BCUT2D eigenvalue weighted by molar-refractivity contribution is 7.90. The van der Waals surface area contributed by atoms with E-state index in [1.54, 1.807) is 0 Å². The molecular formula is C20H15ClFN5O5S. The first kappa shape index (κ1) is 22.4. The van der Waals surface area contributed by atoms with E-state index in [-0.39, 0.29) is 39.3 Å². The number of nitrogens with one attached hydrogen (secondary N) is 1. The van der Waals surface area contributed by atoms with Crippen molar-refractivity contribution in [2.75, 3.05) is 11.6 Å². The number of halogens is 2. The van der Waals surface area contributed by atoms with E-state index < -0.39 is 21.6 Å². The van der Waals surface area contributed by atoms with Gasteiger partial charge < -0.3 is 14.5 Å². The smallest absolute Gasteiger partial charge is 0.258 e. The van der Waals surface area contributed by atoms with Crippen molar-refractivity contribution in [2.45, 2.75) is 11.5 Å². The molecule has 0 aliphatic carbocycles. The number of sulfone groups is 1. The van der Waals surface area contributed by atoms with Gasteiger partial charge in [0.15, 0.2) is 33.6 Å². The number of pyridine rings is 1. The Balaban J connectivity index is 1.56. The maximum atomic E-state index is 13.7. The van der Waals surface area contributed by atoms with Gasteiger partial charge in [0.2, 0.25) is 0 Å². The minimum atomic E-state index is -3.53. The fourth-order valence-corrected chi connectivity index (χ4v) is 3.74. The van der Waals surface area contributed by atoms with Gasteiger partial charge in [-0.15, -0.1) is 0 Å². The summed E-state index contributed by atoms with van der Waals surface area (Å²) in [6, 6.07) is 5.11. The third kappa shape index (κ3) is 5.35. The van der Waals surface area contributed by atoms with Crippen LogP contribution in [0.2, 0.25) is 5.02 Å². The molecule has 0 fully saturated rings. The molecular weight excluding hydrogens is 477 g/mol. The molecule has 4 aromatic rings. The lowest BCUT2D eigenvalue weighted by Gasteiger charge is -2.09. The lowest BCUT2D eigenvalue weighted by Crippen LogP contribution is -2.12. The number of hydrogen-bond acceptors (Lipinski definition) is 8. The number of nitrogens with zero attached hydrogens (tertiary/aromatic N) is 4. The Morgan fingerprint density at radius 3 is 2.79 bits per heavy atom. The molecule has 1 aromatic carbocycles. The van der Waals surface area contributed by atoms with Crippen molar-refractivity contribution in [3.05, 3.63) is 77.6 Å². The average molecular weight is 492 g/mol. The second-order valence-corrected chi connectivity index (χ2v) is 9.26. The van der Waals surface area contributed by atoms with Gasteiger partial charge in [0.05, 0.1) is 29.0 Å². The zero-order valence-electron chi connectivity index (χ0n) is 16.9. The number of anilines is 1. The van der Waals surface area contributed by atoms with E-state index in [0.29, 0.717) is 5.76 Å². The van der Waals surface area contributed by atoms with E-state index in [0.717, 1.165) is 18.5 Å². The summed E-state index contributed by atoms with van der Waals surface area (Å²) in [7, 11) is -3.53. The molecule has 0 saturated heterocycles. The molecule has 0 saturated carbocycles. The average Bonchev–Trinajstić information content (AvgIpc) is 3.43. The number of oxazole rings is 1. The highest BCUT2D eigenvalue weighted by atomic mass is 35.5. The zero-order valence-corrected chi connectivity index (χ0v) is 18.5. The van der Waals surface area contributed by atoms with Gasteiger partial charge >= 0.3 is 0 Å². The van der Waals surface area contributed by atoms with Gasteiger partial charge in [0.1, 0.15) is 12.4 Å². The van der Waals surface area contributed by atoms with Crippen LogP contribution in [0.3, 0.4) is 0 Å². The fraction of sp³-hybridized carbons (Fsp3) is 0.100. The normalized spacial score (nSPS) is 11.4. The molecule has 1 amide bonds. The summed E-state index contributed by atoms with van der Waals surface area (Å²) < 4.78 is 49.2. The maximum Gasteiger partial charge on any atom is 0.258 e. The van der Waals surface area contributed by atoms with E-state index in [1.807, 2.05) is 0 Å². The van der Waals surface area contributed by atoms with Crippen LogP contribution in [0.1, 0.15) is 16.1 Å². The number of rotatable bonds is 7. The van der Waals surface area contributed by atoms with Crippen molar-refractivity contribution in [1.82, 2.24) is 19.7 Å². The molecule has 170 valence electrons. The minimum absolute atomic E-state index is 0.0236. The largest absolute Gasteiger partial charge is 0.482 e. The number of carbonyl (C=O) groups is 1. The molecule has 0 spiro atoms. The lowest BCUT2D eigenvalue weighted by molar-refractivity contribution is 0.102. The van der Waals surface area contributed by atoms with Crippen molar-refractivity contribution in [1.29, 1.82) is 0 Å². The van der Waals surface area contributed by atoms with Gasteiger partial charge in [0, 0.05) is 29.2 Å². The molecule has 1 N–H and O–H groups in total. The van der Waals surface area contributed by atoms with Gasteiger partial charge in [-0.3, -0.25) is 4.79 Å². The molecule has 3 aromatic heterocycles. The second-order valence-electron chi connectivity index (χ2n) is 6.81. The van der Waals surface area contributed by atoms with Crippen LogP contribution < -0.4 is 10.1 Å². The summed E-state index contributed by atoms with van der Waals surface area (Å²) in [6.45, 7) is -0.0236. The van der Waals surface area contributed by atoms with Crippen molar-refractivity contribution in [3.63, 3.8) is 0 Å². The van der Waals surface area contributed by atoms with E-state index in [9.17, 15) is 17.6 Å². The Hall–Kier alpha value is -3.77. The molecule has 10 nitrogen and oxygen atoms in total. The topological polar surface area (TPSA) is 129 Å². The summed E-state index contributed by atoms with van der Waals surface area (Å²) >= 11 is 5.97. The summed E-state index contributed by atoms with van der Waals surface area (Å²) in [5.74, 6) is -0.583. The second kappa shape index (κ2) is 9.00. The highest BCUT2D eigenvalue weighted by Gasteiger charge is 2.16. The van der Waals surface area contributed by atoms with Crippen LogP contribution >= 0.6 is 11.6 Å². The zero-order chi connectivity index (χ0) is 23.6. The van der Waals surface area contributed by atoms with Crippen molar-refractivity contribution >= 4 is 33.0 Å². The summed E-state index contributed by atoms with van der Waals surface area (Å²) in [5, 5.41) is 6.81. The number of benzene rings is 1. The Labute approximate surface area is 191 Å². The molecule has 0 radical (unpaired) electrons. The van der Waals surface area contributed by atoms with Crippen LogP contribution in [-0.4, -0.2) is 40.3 Å². The van der Waals surface area contributed by atoms with E-state index >= 15 is 0 Å². The summed E-state index contributed by atoms with van der Waals surface area (Å²) in [4.78, 5) is 20.4. The fourth-order valence-electron chi connectivity index (χ4n) is 2.76. The number of hydrogen-bond donors (Lipinski definition) is 1. The molecule has 33 heavy (non-hydrogen) atoms. The SMILES string of the molecule is CS(=O)(=O)c1cc(Cl)cc(NC(=O)c2cnn(-c3ncc(F)cc3OCc3cnco3)c2)c1. The Kier molecular flexibility index (Phi) is 6.11. The lowest BCUT2D eigenvalue weighted by atomic mass is 10.3. The number of aromatic nitrogens is 4. The Morgan fingerprint density at radius 2 is 2.06 bits per heavy atom. The van der Waals surface area contributed by atoms with Crippen LogP contribution in [0.5, 0.6) is 5.75 Å².